The second kappa shape index (κ2) is 8.44. The van der Waals surface area contributed by atoms with E-state index in [0.717, 1.165) is 40.5 Å². The Morgan fingerprint density at radius 3 is 2.65 bits per heavy atom. The first-order valence-corrected chi connectivity index (χ1v) is 8.36. The van der Waals surface area contributed by atoms with Gasteiger partial charge in [0.1, 0.15) is 11.2 Å². The summed E-state index contributed by atoms with van der Waals surface area (Å²) in [6.07, 6.45) is 1.99. The van der Waals surface area contributed by atoms with Crippen molar-refractivity contribution < 1.29 is 4.74 Å². The maximum absolute atomic E-state index is 8.67. The number of halogens is 1. The molecule has 2 nitrogen and oxygen atoms in total. The van der Waals surface area contributed by atoms with E-state index in [9.17, 15) is 0 Å². The molecule has 1 aromatic rings. The molecule has 0 fully saturated rings. The van der Waals surface area contributed by atoms with E-state index in [0.29, 0.717) is 12.5 Å². The summed E-state index contributed by atoms with van der Waals surface area (Å²) in [6.45, 7) is 8.92. The van der Waals surface area contributed by atoms with Crippen molar-refractivity contribution in [2.45, 2.75) is 46.5 Å². The molecule has 0 spiro atoms. The molecule has 20 heavy (non-hydrogen) atoms. The van der Waals surface area contributed by atoms with Crippen LogP contribution in [0.2, 0.25) is 5.02 Å². The Hall–Kier alpha value is -0.850. The molecule has 0 radical (unpaired) electrons. The molecule has 110 valence electrons. The summed E-state index contributed by atoms with van der Waals surface area (Å²) in [7, 11) is 0. The second-order valence-corrected chi connectivity index (χ2v) is 6.10. The maximum atomic E-state index is 8.67. The molecular formula is C16H22ClNOS. The monoisotopic (exact) mass is 311 g/mol. The van der Waals surface area contributed by atoms with Gasteiger partial charge in [0.25, 0.3) is 0 Å². The maximum Gasteiger partial charge on any atom is 0.133 e. The van der Waals surface area contributed by atoms with E-state index in [4.69, 9.17) is 21.6 Å². The third-order valence-corrected chi connectivity index (χ3v) is 4.49. The highest BCUT2D eigenvalue weighted by Crippen LogP contribution is 2.40. The number of nitrogens with zero attached hydrogens (tertiary/aromatic N) is 1. The van der Waals surface area contributed by atoms with Gasteiger partial charge in [-0.05, 0) is 68.5 Å². The SMILES string of the molecule is CCOc1c(C)cc(Cl)c(C)c1C(CC)CCSC#N. The van der Waals surface area contributed by atoms with Crippen molar-refractivity contribution in [1.82, 2.24) is 0 Å². The quantitative estimate of drug-likeness (QED) is 0.495. The minimum atomic E-state index is 0.384. The van der Waals surface area contributed by atoms with Crippen LogP contribution in [0.5, 0.6) is 5.75 Å². The van der Waals surface area contributed by atoms with Crippen molar-refractivity contribution in [3.63, 3.8) is 0 Å². The number of rotatable bonds is 7. The Morgan fingerprint density at radius 2 is 2.10 bits per heavy atom. The van der Waals surface area contributed by atoms with Crippen LogP contribution in [-0.4, -0.2) is 12.4 Å². The van der Waals surface area contributed by atoms with E-state index in [1.807, 2.05) is 19.9 Å². The van der Waals surface area contributed by atoms with Crippen LogP contribution < -0.4 is 4.74 Å². The third-order valence-electron chi connectivity index (χ3n) is 3.53. The van der Waals surface area contributed by atoms with Gasteiger partial charge in [0.15, 0.2) is 0 Å². The zero-order valence-electron chi connectivity index (χ0n) is 12.6. The highest BCUT2D eigenvalue weighted by Gasteiger charge is 2.21. The number of thioether (sulfide) groups is 1. The summed E-state index contributed by atoms with van der Waals surface area (Å²) in [6, 6.07) is 1.97. The molecule has 0 saturated carbocycles. The first kappa shape index (κ1) is 17.2. The molecule has 1 aromatic carbocycles. The highest BCUT2D eigenvalue weighted by molar-refractivity contribution is 8.03. The van der Waals surface area contributed by atoms with Gasteiger partial charge in [-0.3, -0.25) is 0 Å². The van der Waals surface area contributed by atoms with Crippen LogP contribution in [0.15, 0.2) is 6.07 Å². The second-order valence-electron chi connectivity index (χ2n) is 4.81. The van der Waals surface area contributed by atoms with Crippen molar-refractivity contribution in [1.29, 1.82) is 5.26 Å². The van der Waals surface area contributed by atoms with Crippen LogP contribution >= 0.6 is 23.4 Å². The van der Waals surface area contributed by atoms with E-state index in [1.165, 1.54) is 17.3 Å². The van der Waals surface area contributed by atoms with Crippen molar-refractivity contribution in [2.24, 2.45) is 0 Å². The van der Waals surface area contributed by atoms with Crippen LogP contribution in [0.4, 0.5) is 0 Å². The lowest BCUT2D eigenvalue weighted by atomic mass is 9.88. The molecule has 0 bridgehead atoms. The zero-order valence-corrected chi connectivity index (χ0v) is 14.2. The average Bonchev–Trinajstić information content (AvgIpc) is 2.43. The molecule has 1 unspecified atom stereocenters. The van der Waals surface area contributed by atoms with Crippen LogP contribution in [0, 0.1) is 24.5 Å². The van der Waals surface area contributed by atoms with E-state index in [-0.39, 0.29) is 0 Å². The lowest BCUT2D eigenvalue weighted by Gasteiger charge is -2.23. The molecule has 0 aliphatic rings. The Balaban J connectivity index is 3.20. The van der Waals surface area contributed by atoms with Gasteiger partial charge in [0, 0.05) is 16.3 Å². The lowest BCUT2D eigenvalue weighted by molar-refractivity contribution is 0.330. The molecule has 0 amide bonds. The van der Waals surface area contributed by atoms with Crippen molar-refractivity contribution in [3.05, 3.63) is 27.8 Å². The van der Waals surface area contributed by atoms with Gasteiger partial charge < -0.3 is 4.74 Å². The topological polar surface area (TPSA) is 33.0 Å². The summed E-state index contributed by atoms with van der Waals surface area (Å²) in [5.74, 6) is 2.20. The zero-order chi connectivity index (χ0) is 15.1. The summed E-state index contributed by atoms with van der Waals surface area (Å²) < 4.78 is 5.86. The summed E-state index contributed by atoms with van der Waals surface area (Å²) in [4.78, 5) is 0. The molecule has 1 atom stereocenters. The van der Waals surface area contributed by atoms with Crippen LogP contribution in [-0.2, 0) is 0 Å². The van der Waals surface area contributed by atoms with Gasteiger partial charge in [-0.2, -0.15) is 5.26 Å². The van der Waals surface area contributed by atoms with Gasteiger partial charge in [-0.25, -0.2) is 0 Å². The van der Waals surface area contributed by atoms with Crippen LogP contribution in [0.1, 0.15) is 49.3 Å². The molecular weight excluding hydrogens is 290 g/mol. The Labute approximate surface area is 131 Å². The predicted octanol–water partition coefficient (Wildman–Crippen LogP) is 5.45. The highest BCUT2D eigenvalue weighted by atomic mass is 35.5. The molecule has 0 saturated heterocycles. The third kappa shape index (κ3) is 4.07. The normalized spacial score (nSPS) is 12.0. The largest absolute Gasteiger partial charge is 0.493 e. The summed E-state index contributed by atoms with van der Waals surface area (Å²) in [5, 5.41) is 11.6. The fourth-order valence-corrected chi connectivity index (χ4v) is 3.26. The Morgan fingerprint density at radius 1 is 1.40 bits per heavy atom. The number of aryl methyl sites for hydroxylation is 1. The number of hydrogen-bond donors (Lipinski definition) is 0. The number of thiocyanates is 1. The van der Waals surface area contributed by atoms with Crippen LogP contribution in [0.25, 0.3) is 0 Å². The van der Waals surface area contributed by atoms with Crippen molar-refractivity contribution >= 4 is 23.4 Å². The summed E-state index contributed by atoms with van der Waals surface area (Å²) >= 11 is 7.65. The van der Waals surface area contributed by atoms with Crippen LogP contribution in [0.3, 0.4) is 0 Å². The van der Waals surface area contributed by atoms with E-state index >= 15 is 0 Å². The lowest BCUT2D eigenvalue weighted by Crippen LogP contribution is -2.08. The average molecular weight is 312 g/mol. The molecule has 0 aromatic heterocycles. The number of ether oxygens (including phenoxy) is 1. The van der Waals surface area contributed by atoms with Gasteiger partial charge >= 0.3 is 0 Å². The minimum absolute atomic E-state index is 0.384. The first-order chi connectivity index (χ1) is 9.56. The molecule has 0 aliphatic carbocycles. The number of nitriles is 1. The minimum Gasteiger partial charge on any atom is -0.493 e. The van der Waals surface area contributed by atoms with Gasteiger partial charge in [0.2, 0.25) is 0 Å². The van der Waals surface area contributed by atoms with Gasteiger partial charge in [0.05, 0.1) is 6.61 Å². The number of benzene rings is 1. The molecule has 0 aliphatic heterocycles. The Bertz CT molecular complexity index is 496. The molecule has 1 rings (SSSR count). The fraction of sp³-hybridized carbons (Fsp3) is 0.562. The predicted molar refractivity (Wildman–Crippen MR) is 87.8 cm³/mol. The fourth-order valence-electron chi connectivity index (χ4n) is 2.50. The van der Waals surface area contributed by atoms with Crippen molar-refractivity contribution in [2.75, 3.05) is 12.4 Å². The molecule has 4 heteroatoms. The van der Waals surface area contributed by atoms with E-state index < -0.39 is 0 Å². The van der Waals surface area contributed by atoms with E-state index in [2.05, 4.69) is 19.2 Å². The molecule has 0 heterocycles. The van der Waals surface area contributed by atoms with Gasteiger partial charge in [-0.15, -0.1) is 0 Å². The van der Waals surface area contributed by atoms with Crippen molar-refractivity contribution in [3.8, 4) is 11.2 Å². The standard InChI is InChI=1S/C16H22ClNOS/c1-5-13(7-8-20-10-18)15-12(4)14(17)9-11(3)16(15)19-6-2/h9,13H,5-8H2,1-4H3. The molecule has 0 N–H and O–H groups in total. The smallest absolute Gasteiger partial charge is 0.133 e. The van der Waals surface area contributed by atoms with Gasteiger partial charge in [-0.1, -0.05) is 18.5 Å². The Kier molecular flexibility index (Phi) is 7.26. The number of hydrogen-bond acceptors (Lipinski definition) is 3. The first-order valence-electron chi connectivity index (χ1n) is 6.99. The summed E-state index contributed by atoms with van der Waals surface area (Å²) in [5.41, 5.74) is 3.41. The van der Waals surface area contributed by atoms with E-state index in [1.54, 1.807) is 0 Å².